The predicted molar refractivity (Wildman–Crippen MR) is 80.6 cm³/mol. The number of benzene rings is 1. The van der Waals surface area contributed by atoms with Gasteiger partial charge in [-0.05, 0) is 43.7 Å². The van der Waals surface area contributed by atoms with Crippen LogP contribution in [0.5, 0.6) is 5.75 Å². The largest absolute Gasteiger partial charge is 0.496 e. The molecule has 0 aromatic heterocycles. The predicted octanol–water partition coefficient (Wildman–Crippen LogP) is 4.46. The zero-order valence-electron chi connectivity index (χ0n) is 12.8. The van der Waals surface area contributed by atoms with E-state index in [0.29, 0.717) is 16.7 Å². The highest BCUT2D eigenvalue weighted by Gasteiger charge is 2.32. The van der Waals surface area contributed by atoms with Crippen molar-refractivity contribution in [3.8, 4) is 5.75 Å². The third-order valence-electron chi connectivity index (χ3n) is 4.86. The van der Waals surface area contributed by atoms with Crippen molar-refractivity contribution in [3.05, 3.63) is 29.6 Å². The van der Waals surface area contributed by atoms with E-state index < -0.39 is 0 Å². The van der Waals surface area contributed by atoms with Gasteiger partial charge in [0.05, 0.1) is 7.11 Å². The highest BCUT2D eigenvalue weighted by atomic mass is 19.1. The third-order valence-corrected chi connectivity index (χ3v) is 4.86. The lowest BCUT2D eigenvalue weighted by Crippen LogP contribution is -2.33. The normalized spacial score (nSPS) is 19.0. The number of ether oxygens (including phenoxy) is 1. The molecule has 0 saturated heterocycles. The Kier molecular flexibility index (Phi) is 5.03. The molecule has 1 saturated carbocycles. The van der Waals surface area contributed by atoms with E-state index in [1.807, 2.05) is 13.0 Å². The molecule has 1 aliphatic rings. The monoisotopic (exact) mass is 279 g/mol. The molecule has 2 rings (SSSR count). The van der Waals surface area contributed by atoms with Gasteiger partial charge >= 0.3 is 0 Å². The van der Waals surface area contributed by atoms with E-state index in [2.05, 4.69) is 12.2 Å². The molecule has 0 bridgehead atoms. The van der Waals surface area contributed by atoms with E-state index in [9.17, 15) is 4.39 Å². The van der Waals surface area contributed by atoms with Gasteiger partial charge in [0, 0.05) is 18.2 Å². The highest BCUT2D eigenvalue weighted by Crippen LogP contribution is 2.41. The van der Waals surface area contributed by atoms with Gasteiger partial charge in [-0.15, -0.1) is 0 Å². The summed E-state index contributed by atoms with van der Waals surface area (Å²) in [5.41, 5.74) is 1.05. The van der Waals surface area contributed by atoms with Gasteiger partial charge in [-0.1, -0.05) is 25.8 Å². The van der Waals surface area contributed by atoms with Crippen molar-refractivity contribution in [1.29, 1.82) is 0 Å². The molecule has 3 heteroatoms. The molecule has 0 amide bonds. The van der Waals surface area contributed by atoms with Crippen LogP contribution in [-0.4, -0.2) is 13.7 Å². The topological polar surface area (TPSA) is 21.3 Å². The van der Waals surface area contributed by atoms with Crippen molar-refractivity contribution in [1.82, 2.24) is 5.32 Å². The molecule has 1 aromatic rings. The minimum atomic E-state index is -0.193. The second-order valence-corrected chi connectivity index (χ2v) is 6.02. The van der Waals surface area contributed by atoms with Crippen LogP contribution in [0.2, 0.25) is 0 Å². The Morgan fingerprint density at radius 3 is 2.65 bits per heavy atom. The Hall–Kier alpha value is -1.09. The summed E-state index contributed by atoms with van der Waals surface area (Å²) in [6.07, 6.45) is 6.43. The minimum Gasteiger partial charge on any atom is -0.496 e. The smallest absolute Gasteiger partial charge is 0.131 e. The number of nitrogens with one attached hydrogen (secondary N) is 1. The fourth-order valence-electron chi connectivity index (χ4n) is 3.37. The molecule has 1 fully saturated rings. The highest BCUT2D eigenvalue weighted by molar-refractivity contribution is 5.36. The Labute approximate surface area is 121 Å². The number of methoxy groups -OCH3 is 1. The van der Waals surface area contributed by atoms with Crippen LogP contribution >= 0.6 is 0 Å². The van der Waals surface area contributed by atoms with Crippen LogP contribution in [0.1, 0.15) is 57.6 Å². The maximum atomic E-state index is 14.0. The molecule has 0 spiro atoms. The van der Waals surface area contributed by atoms with Crippen LogP contribution in [0.4, 0.5) is 4.39 Å². The number of hydrogen-bond donors (Lipinski definition) is 1. The average molecular weight is 279 g/mol. The van der Waals surface area contributed by atoms with E-state index in [0.717, 1.165) is 6.54 Å². The van der Waals surface area contributed by atoms with Crippen LogP contribution in [0, 0.1) is 11.2 Å². The first-order valence-electron chi connectivity index (χ1n) is 7.67. The van der Waals surface area contributed by atoms with Gasteiger partial charge in [0.15, 0.2) is 0 Å². The zero-order valence-corrected chi connectivity index (χ0v) is 12.8. The van der Waals surface area contributed by atoms with E-state index in [4.69, 9.17) is 4.74 Å². The van der Waals surface area contributed by atoms with Crippen molar-refractivity contribution in [2.75, 3.05) is 13.7 Å². The SMILES string of the molecule is CCC1(CNC(C)c2c(F)cccc2OC)CCCC1. The first kappa shape index (κ1) is 15.3. The van der Waals surface area contributed by atoms with Crippen LogP contribution in [-0.2, 0) is 0 Å². The maximum absolute atomic E-state index is 14.0. The fraction of sp³-hybridized carbons (Fsp3) is 0.647. The van der Waals surface area contributed by atoms with Crippen LogP contribution < -0.4 is 10.1 Å². The molecule has 0 radical (unpaired) electrons. The van der Waals surface area contributed by atoms with Crippen molar-refractivity contribution < 1.29 is 9.13 Å². The molecule has 0 aliphatic heterocycles. The first-order chi connectivity index (χ1) is 9.62. The first-order valence-corrected chi connectivity index (χ1v) is 7.67. The summed E-state index contributed by atoms with van der Waals surface area (Å²) in [5.74, 6) is 0.434. The van der Waals surface area contributed by atoms with E-state index >= 15 is 0 Å². The Balaban J connectivity index is 2.07. The standard InChI is InChI=1S/C17H26FNO/c1-4-17(10-5-6-11-17)12-19-13(2)16-14(18)8-7-9-15(16)20-3/h7-9,13,19H,4-6,10-12H2,1-3H3. The van der Waals surface area contributed by atoms with Gasteiger partial charge in [-0.3, -0.25) is 0 Å². The van der Waals surface area contributed by atoms with Gasteiger partial charge < -0.3 is 10.1 Å². The number of halogens is 1. The summed E-state index contributed by atoms with van der Waals surface area (Å²) in [6, 6.07) is 4.98. The molecule has 112 valence electrons. The van der Waals surface area contributed by atoms with Gasteiger partial charge in [0.2, 0.25) is 0 Å². The number of rotatable bonds is 6. The van der Waals surface area contributed by atoms with Crippen LogP contribution in [0.3, 0.4) is 0 Å². The van der Waals surface area contributed by atoms with Gasteiger partial charge in [0.1, 0.15) is 11.6 Å². The summed E-state index contributed by atoms with van der Waals surface area (Å²) in [4.78, 5) is 0. The molecule has 1 N–H and O–H groups in total. The lowest BCUT2D eigenvalue weighted by atomic mass is 9.83. The second kappa shape index (κ2) is 6.57. The fourth-order valence-corrected chi connectivity index (χ4v) is 3.37. The number of hydrogen-bond acceptors (Lipinski definition) is 2. The Morgan fingerprint density at radius 1 is 1.35 bits per heavy atom. The van der Waals surface area contributed by atoms with E-state index in [1.165, 1.54) is 38.2 Å². The second-order valence-electron chi connectivity index (χ2n) is 6.02. The molecule has 2 nitrogen and oxygen atoms in total. The lowest BCUT2D eigenvalue weighted by Gasteiger charge is -2.30. The summed E-state index contributed by atoms with van der Waals surface area (Å²) in [5, 5.41) is 3.53. The Bertz CT molecular complexity index is 441. The van der Waals surface area contributed by atoms with Crippen molar-refractivity contribution >= 4 is 0 Å². The molecule has 1 unspecified atom stereocenters. The maximum Gasteiger partial charge on any atom is 0.131 e. The summed E-state index contributed by atoms with van der Waals surface area (Å²) in [6.45, 7) is 5.24. The summed E-state index contributed by atoms with van der Waals surface area (Å²) < 4.78 is 19.3. The molecule has 1 aliphatic carbocycles. The minimum absolute atomic E-state index is 0.0322. The van der Waals surface area contributed by atoms with Crippen molar-refractivity contribution in [2.45, 2.75) is 52.0 Å². The molecular weight excluding hydrogens is 253 g/mol. The van der Waals surface area contributed by atoms with Gasteiger partial charge in [-0.2, -0.15) is 0 Å². The third kappa shape index (κ3) is 3.14. The van der Waals surface area contributed by atoms with Gasteiger partial charge in [0.25, 0.3) is 0 Å². The van der Waals surface area contributed by atoms with E-state index in [-0.39, 0.29) is 11.9 Å². The van der Waals surface area contributed by atoms with E-state index in [1.54, 1.807) is 13.2 Å². The van der Waals surface area contributed by atoms with Crippen LogP contribution in [0.25, 0.3) is 0 Å². The van der Waals surface area contributed by atoms with Gasteiger partial charge in [-0.25, -0.2) is 4.39 Å². The molecule has 0 heterocycles. The molecule has 1 atom stereocenters. The van der Waals surface area contributed by atoms with Crippen LogP contribution in [0.15, 0.2) is 18.2 Å². The zero-order chi connectivity index (χ0) is 14.6. The average Bonchev–Trinajstić information content (AvgIpc) is 2.94. The van der Waals surface area contributed by atoms with Crippen molar-refractivity contribution in [2.24, 2.45) is 5.41 Å². The summed E-state index contributed by atoms with van der Waals surface area (Å²) in [7, 11) is 1.59. The summed E-state index contributed by atoms with van der Waals surface area (Å²) >= 11 is 0. The van der Waals surface area contributed by atoms with Crippen molar-refractivity contribution in [3.63, 3.8) is 0 Å². The molecule has 1 aromatic carbocycles. The lowest BCUT2D eigenvalue weighted by molar-refractivity contribution is 0.256. The molecule has 20 heavy (non-hydrogen) atoms. The quantitative estimate of drug-likeness (QED) is 0.830. The molecular formula is C17H26FNO. The Morgan fingerprint density at radius 2 is 2.05 bits per heavy atom.